The van der Waals surface area contributed by atoms with E-state index in [1.807, 2.05) is 26.8 Å². The van der Waals surface area contributed by atoms with Gasteiger partial charge in [-0.2, -0.15) is 0 Å². The number of nitrogens with one attached hydrogen (secondary N) is 2. The average Bonchev–Trinajstić information content (AvgIpc) is 2.67. The molecule has 1 unspecified atom stereocenters. The van der Waals surface area contributed by atoms with Crippen LogP contribution in [0.5, 0.6) is 0 Å². The molecule has 8 heteroatoms. The first-order valence-corrected chi connectivity index (χ1v) is 10.3. The molecule has 1 saturated carbocycles. The summed E-state index contributed by atoms with van der Waals surface area (Å²) in [5.74, 6) is -0.393. The molecular weight excluding hydrogens is 388 g/mol. The van der Waals surface area contributed by atoms with Gasteiger partial charge in [0.2, 0.25) is 0 Å². The Balaban J connectivity index is 1.65. The predicted molar refractivity (Wildman–Crippen MR) is 112 cm³/mol. The highest BCUT2D eigenvalue weighted by Gasteiger charge is 2.25. The van der Waals surface area contributed by atoms with Gasteiger partial charge in [0.05, 0.1) is 25.9 Å². The van der Waals surface area contributed by atoms with Crippen molar-refractivity contribution in [3.63, 3.8) is 0 Å². The van der Waals surface area contributed by atoms with Gasteiger partial charge in [-0.3, -0.25) is 5.32 Å². The molecule has 1 aliphatic carbocycles. The van der Waals surface area contributed by atoms with Crippen LogP contribution in [0.3, 0.4) is 0 Å². The van der Waals surface area contributed by atoms with Crippen molar-refractivity contribution in [2.45, 2.75) is 77.0 Å². The smallest absolute Gasteiger partial charge is 0.407 e. The zero-order valence-corrected chi connectivity index (χ0v) is 18.3. The Hall–Kier alpha value is -2.16. The van der Waals surface area contributed by atoms with Crippen molar-refractivity contribution >= 4 is 12.1 Å². The number of rotatable bonds is 8. The first-order valence-electron chi connectivity index (χ1n) is 10.3. The van der Waals surface area contributed by atoms with Gasteiger partial charge < -0.3 is 24.6 Å². The minimum absolute atomic E-state index is 0.0911. The SMILES string of the molecule is COC(=O)c1cccc(COCC(O)NC2CCC(NC(=O)OC(C)(C)C)CC2)c1. The number of aliphatic hydroxyl groups excluding tert-OH is 1. The zero-order valence-electron chi connectivity index (χ0n) is 18.3. The Morgan fingerprint density at radius 3 is 2.47 bits per heavy atom. The van der Waals surface area contributed by atoms with Crippen molar-refractivity contribution in [2.75, 3.05) is 13.7 Å². The molecule has 1 aliphatic rings. The van der Waals surface area contributed by atoms with E-state index >= 15 is 0 Å². The number of benzene rings is 1. The molecule has 1 atom stereocenters. The number of esters is 1. The maximum Gasteiger partial charge on any atom is 0.407 e. The van der Waals surface area contributed by atoms with E-state index in [-0.39, 0.29) is 31.4 Å². The lowest BCUT2D eigenvalue weighted by molar-refractivity contribution is 0.00184. The average molecular weight is 423 g/mol. The molecule has 0 spiro atoms. The van der Waals surface area contributed by atoms with Crippen LogP contribution in [0.2, 0.25) is 0 Å². The third-order valence-corrected chi connectivity index (χ3v) is 4.77. The molecule has 168 valence electrons. The molecule has 3 N–H and O–H groups in total. The van der Waals surface area contributed by atoms with Gasteiger partial charge in [0.25, 0.3) is 0 Å². The van der Waals surface area contributed by atoms with Crippen molar-refractivity contribution in [3.05, 3.63) is 35.4 Å². The molecule has 2 rings (SSSR count). The second kappa shape index (κ2) is 11.3. The van der Waals surface area contributed by atoms with Gasteiger partial charge in [-0.15, -0.1) is 0 Å². The van der Waals surface area contributed by atoms with Crippen LogP contribution >= 0.6 is 0 Å². The second-order valence-electron chi connectivity index (χ2n) is 8.58. The van der Waals surface area contributed by atoms with Crippen molar-refractivity contribution in [1.29, 1.82) is 0 Å². The summed E-state index contributed by atoms with van der Waals surface area (Å²) in [5, 5.41) is 16.3. The Kier molecular flexibility index (Phi) is 9.08. The largest absolute Gasteiger partial charge is 0.465 e. The quantitative estimate of drug-likeness (QED) is 0.437. The normalized spacial score (nSPS) is 20.3. The monoisotopic (exact) mass is 422 g/mol. The number of methoxy groups -OCH3 is 1. The fraction of sp³-hybridized carbons (Fsp3) is 0.636. The lowest BCUT2D eigenvalue weighted by atomic mass is 9.91. The molecule has 1 aromatic carbocycles. The van der Waals surface area contributed by atoms with Crippen molar-refractivity contribution in [2.24, 2.45) is 0 Å². The van der Waals surface area contributed by atoms with Gasteiger partial charge in [-0.25, -0.2) is 9.59 Å². The predicted octanol–water partition coefficient (Wildman–Crippen LogP) is 2.73. The lowest BCUT2D eigenvalue weighted by Gasteiger charge is -2.31. The molecule has 1 amide bonds. The van der Waals surface area contributed by atoms with Crippen molar-refractivity contribution < 1.29 is 28.9 Å². The molecule has 1 aromatic rings. The highest BCUT2D eigenvalue weighted by atomic mass is 16.6. The van der Waals surface area contributed by atoms with Gasteiger partial charge in [-0.1, -0.05) is 12.1 Å². The van der Waals surface area contributed by atoms with E-state index in [9.17, 15) is 14.7 Å². The van der Waals surface area contributed by atoms with Gasteiger partial charge in [-0.05, 0) is 64.2 Å². The Morgan fingerprint density at radius 2 is 1.83 bits per heavy atom. The summed E-state index contributed by atoms with van der Waals surface area (Å²) in [6, 6.07) is 7.27. The second-order valence-corrected chi connectivity index (χ2v) is 8.58. The number of carbonyl (C=O) groups excluding carboxylic acids is 2. The van der Waals surface area contributed by atoms with Crippen LogP contribution < -0.4 is 10.6 Å². The van der Waals surface area contributed by atoms with E-state index in [2.05, 4.69) is 10.6 Å². The third kappa shape index (κ3) is 8.69. The number of alkyl carbamates (subject to hydrolysis) is 1. The minimum Gasteiger partial charge on any atom is -0.465 e. The summed E-state index contributed by atoms with van der Waals surface area (Å²) in [7, 11) is 1.34. The highest BCUT2D eigenvalue weighted by Crippen LogP contribution is 2.20. The highest BCUT2D eigenvalue weighted by molar-refractivity contribution is 5.89. The van der Waals surface area contributed by atoms with E-state index in [0.717, 1.165) is 31.2 Å². The lowest BCUT2D eigenvalue weighted by Crippen LogP contribution is -2.47. The van der Waals surface area contributed by atoms with Crippen molar-refractivity contribution in [3.8, 4) is 0 Å². The molecule has 8 nitrogen and oxygen atoms in total. The molecule has 1 fully saturated rings. The van der Waals surface area contributed by atoms with Gasteiger partial charge in [0.1, 0.15) is 11.8 Å². The van der Waals surface area contributed by atoms with Crippen LogP contribution in [0, 0.1) is 0 Å². The first kappa shape index (κ1) is 24.1. The summed E-state index contributed by atoms with van der Waals surface area (Å²) < 4.78 is 15.6. The standard InChI is InChI=1S/C22H34N2O6/c1-22(2,3)30-21(27)24-18-10-8-17(9-11-18)23-19(25)14-29-13-15-6-5-7-16(12-15)20(26)28-4/h5-7,12,17-19,23,25H,8-11,13-14H2,1-4H3,(H,24,27). The number of amides is 1. The molecule has 0 heterocycles. The van der Waals surface area contributed by atoms with Gasteiger partial charge >= 0.3 is 12.1 Å². The fourth-order valence-corrected chi connectivity index (χ4v) is 3.39. The van der Waals surface area contributed by atoms with Crippen LogP contribution in [0.1, 0.15) is 62.4 Å². The molecule has 30 heavy (non-hydrogen) atoms. The number of hydrogen-bond acceptors (Lipinski definition) is 7. The summed E-state index contributed by atoms with van der Waals surface area (Å²) in [4.78, 5) is 23.4. The summed E-state index contributed by atoms with van der Waals surface area (Å²) in [6.45, 7) is 5.95. The topological polar surface area (TPSA) is 106 Å². The third-order valence-electron chi connectivity index (χ3n) is 4.77. The molecule has 0 aliphatic heterocycles. The van der Waals surface area contributed by atoms with E-state index < -0.39 is 17.8 Å². The summed E-state index contributed by atoms with van der Waals surface area (Å²) >= 11 is 0. The van der Waals surface area contributed by atoms with E-state index in [0.29, 0.717) is 5.56 Å². The Morgan fingerprint density at radius 1 is 1.17 bits per heavy atom. The van der Waals surface area contributed by atoms with Crippen LogP contribution in [-0.2, 0) is 20.8 Å². The summed E-state index contributed by atoms with van der Waals surface area (Å²) in [6.07, 6.45) is 2.17. The number of ether oxygens (including phenoxy) is 3. The van der Waals surface area contributed by atoms with Gasteiger partial charge in [0.15, 0.2) is 0 Å². The van der Waals surface area contributed by atoms with Crippen LogP contribution in [0.4, 0.5) is 4.79 Å². The fourth-order valence-electron chi connectivity index (χ4n) is 3.39. The maximum absolute atomic E-state index is 11.9. The first-order chi connectivity index (χ1) is 14.2. The summed E-state index contributed by atoms with van der Waals surface area (Å²) in [5.41, 5.74) is 0.793. The minimum atomic E-state index is -0.783. The van der Waals surface area contributed by atoms with E-state index in [4.69, 9.17) is 14.2 Å². The van der Waals surface area contributed by atoms with Crippen LogP contribution in [0.25, 0.3) is 0 Å². The van der Waals surface area contributed by atoms with E-state index in [1.165, 1.54) is 7.11 Å². The van der Waals surface area contributed by atoms with Crippen LogP contribution in [0.15, 0.2) is 24.3 Å². The number of aliphatic hydroxyl groups is 1. The van der Waals surface area contributed by atoms with E-state index in [1.54, 1.807) is 18.2 Å². The number of carbonyl (C=O) groups is 2. The molecule has 0 saturated heterocycles. The number of hydrogen-bond donors (Lipinski definition) is 3. The Labute approximate surface area is 178 Å². The molecule has 0 aromatic heterocycles. The maximum atomic E-state index is 11.9. The molecule has 0 bridgehead atoms. The zero-order chi connectivity index (χ0) is 22.1. The Bertz CT molecular complexity index is 695. The van der Waals surface area contributed by atoms with Gasteiger partial charge in [0, 0.05) is 12.1 Å². The van der Waals surface area contributed by atoms with Crippen LogP contribution in [-0.4, -0.2) is 54.8 Å². The molecular formula is C22H34N2O6. The van der Waals surface area contributed by atoms with Crippen molar-refractivity contribution in [1.82, 2.24) is 10.6 Å². The molecule has 0 radical (unpaired) electrons.